The van der Waals surface area contributed by atoms with Crippen LogP contribution < -0.4 is 10.6 Å². The number of anilines is 2. The van der Waals surface area contributed by atoms with Gasteiger partial charge in [0, 0.05) is 23.0 Å². The number of aromatic nitrogens is 3. The molecule has 0 amide bonds. The highest BCUT2D eigenvalue weighted by Crippen LogP contribution is 2.40. The van der Waals surface area contributed by atoms with Crippen LogP contribution in [0.3, 0.4) is 0 Å². The van der Waals surface area contributed by atoms with Crippen LogP contribution in [-0.2, 0) is 6.54 Å². The molecule has 0 saturated heterocycles. The Morgan fingerprint density at radius 1 is 1.29 bits per heavy atom. The van der Waals surface area contributed by atoms with Gasteiger partial charge in [-0.25, -0.2) is 9.97 Å². The average Bonchev–Trinajstić information content (AvgIpc) is 3.12. The van der Waals surface area contributed by atoms with Gasteiger partial charge in [-0.05, 0) is 25.4 Å². The number of nitrogens with two attached hydrogens (primary N) is 1. The van der Waals surface area contributed by atoms with Crippen LogP contribution in [0.4, 0.5) is 10.8 Å². The van der Waals surface area contributed by atoms with Crippen molar-refractivity contribution in [3.05, 3.63) is 27.2 Å². The van der Waals surface area contributed by atoms with Gasteiger partial charge in [-0.3, -0.25) is 0 Å². The smallest absolute Gasteiger partial charge is 0.149 e. The summed E-state index contributed by atoms with van der Waals surface area (Å²) in [7, 11) is 2.05. The summed E-state index contributed by atoms with van der Waals surface area (Å²) < 4.78 is 4.31. The quantitative estimate of drug-likeness (QED) is 0.788. The van der Waals surface area contributed by atoms with E-state index in [1.165, 1.54) is 16.4 Å². The summed E-state index contributed by atoms with van der Waals surface area (Å²) >= 11 is 4.69. The van der Waals surface area contributed by atoms with Crippen LogP contribution in [0.2, 0.25) is 0 Å². The molecule has 3 aromatic heterocycles. The molecule has 8 heteroatoms. The fourth-order valence-electron chi connectivity index (χ4n) is 1.99. The van der Waals surface area contributed by atoms with E-state index in [9.17, 15) is 0 Å². The van der Waals surface area contributed by atoms with Crippen molar-refractivity contribution in [1.82, 2.24) is 14.3 Å². The van der Waals surface area contributed by atoms with E-state index in [-0.39, 0.29) is 0 Å². The van der Waals surface area contributed by atoms with Gasteiger partial charge in [0.15, 0.2) is 0 Å². The van der Waals surface area contributed by atoms with Crippen molar-refractivity contribution in [2.75, 3.05) is 17.7 Å². The lowest BCUT2D eigenvalue weighted by atomic mass is 10.3. The topological polar surface area (TPSA) is 67.9 Å². The van der Waals surface area contributed by atoms with Crippen LogP contribution in [0.1, 0.15) is 16.3 Å². The fraction of sp³-hybridized carbons (Fsp3) is 0.308. The number of hydrogen-bond donors (Lipinski definition) is 1. The Kier molecular flexibility index (Phi) is 3.92. The summed E-state index contributed by atoms with van der Waals surface area (Å²) in [5.74, 6) is 0.553. The third kappa shape index (κ3) is 2.78. The molecule has 0 radical (unpaired) electrons. The zero-order chi connectivity index (χ0) is 15.0. The highest BCUT2D eigenvalue weighted by Gasteiger charge is 2.20. The molecule has 0 atom stereocenters. The van der Waals surface area contributed by atoms with Gasteiger partial charge < -0.3 is 10.6 Å². The van der Waals surface area contributed by atoms with Gasteiger partial charge in [-0.1, -0.05) is 0 Å². The summed E-state index contributed by atoms with van der Waals surface area (Å²) in [4.78, 5) is 12.3. The Bertz CT molecular complexity index is 758. The van der Waals surface area contributed by atoms with Crippen LogP contribution in [-0.4, -0.2) is 21.4 Å². The van der Waals surface area contributed by atoms with Gasteiger partial charge in [0.1, 0.15) is 15.8 Å². The summed E-state index contributed by atoms with van der Waals surface area (Å²) in [6.07, 6.45) is 0. The van der Waals surface area contributed by atoms with Crippen LogP contribution in [0, 0.1) is 13.8 Å². The van der Waals surface area contributed by atoms with E-state index >= 15 is 0 Å². The second kappa shape index (κ2) is 5.70. The monoisotopic (exact) mass is 337 g/mol. The molecule has 0 fully saturated rings. The highest BCUT2D eigenvalue weighted by atomic mass is 32.1. The molecule has 0 aliphatic heterocycles. The van der Waals surface area contributed by atoms with Gasteiger partial charge in [0.25, 0.3) is 0 Å². The minimum atomic E-state index is 0.553. The number of aryl methyl sites for hydroxylation is 2. The molecular formula is C13H15N5S3. The standard InChI is InChI=1S/C13H15N5S3/c1-7-5-19-12(16-7)10-11(14)17-21-13(10)18(3)4-9-8(2)15-6-20-9/h5-6H,4H2,1-3H3,(H2,14,17). The van der Waals surface area contributed by atoms with Crippen molar-refractivity contribution in [3.63, 3.8) is 0 Å². The summed E-state index contributed by atoms with van der Waals surface area (Å²) in [5, 5.41) is 4.01. The van der Waals surface area contributed by atoms with Crippen molar-refractivity contribution in [1.29, 1.82) is 0 Å². The maximum atomic E-state index is 6.05. The molecule has 0 aliphatic rings. The Balaban J connectivity index is 1.94. The van der Waals surface area contributed by atoms with E-state index in [4.69, 9.17) is 5.73 Å². The molecule has 0 aliphatic carbocycles. The molecule has 0 aromatic carbocycles. The predicted molar refractivity (Wildman–Crippen MR) is 91.3 cm³/mol. The number of hydrogen-bond acceptors (Lipinski definition) is 8. The third-order valence-electron chi connectivity index (χ3n) is 3.11. The molecule has 3 heterocycles. The third-order valence-corrected chi connectivity index (χ3v) is 5.98. The minimum Gasteiger partial charge on any atom is -0.382 e. The molecular weight excluding hydrogens is 322 g/mol. The fourth-order valence-corrected chi connectivity index (χ4v) is 4.51. The van der Waals surface area contributed by atoms with Crippen molar-refractivity contribution < 1.29 is 0 Å². The second-order valence-electron chi connectivity index (χ2n) is 4.76. The molecule has 0 saturated carbocycles. The summed E-state index contributed by atoms with van der Waals surface area (Å²) in [6.45, 7) is 4.82. The van der Waals surface area contributed by atoms with Crippen LogP contribution in [0.15, 0.2) is 10.9 Å². The van der Waals surface area contributed by atoms with Gasteiger partial charge >= 0.3 is 0 Å². The first kappa shape index (κ1) is 14.4. The molecule has 2 N–H and O–H groups in total. The zero-order valence-corrected chi connectivity index (χ0v) is 14.4. The molecule has 3 aromatic rings. The highest BCUT2D eigenvalue weighted by molar-refractivity contribution is 7.15. The number of nitrogen functional groups attached to an aromatic ring is 1. The van der Waals surface area contributed by atoms with Crippen LogP contribution in [0.5, 0.6) is 0 Å². The van der Waals surface area contributed by atoms with Crippen LogP contribution >= 0.6 is 34.2 Å². The lowest BCUT2D eigenvalue weighted by molar-refractivity contribution is 0.938. The second-order valence-corrected chi connectivity index (χ2v) is 7.31. The Morgan fingerprint density at radius 3 is 2.71 bits per heavy atom. The van der Waals surface area contributed by atoms with Crippen LogP contribution in [0.25, 0.3) is 10.6 Å². The molecule has 110 valence electrons. The van der Waals surface area contributed by atoms with Gasteiger partial charge in [-0.2, -0.15) is 4.37 Å². The normalized spacial score (nSPS) is 11.0. The largest absolute Gasteiger partial charge is 0.382 e. The summed E-state index contributed by atoms with van der Waals surface area (Å²) in [6, 6.07) is 0. The van der Waals surface area contributed by atoms with E-state index in [0.29, 0.717) is 5.82 Å². The maximum absolute atomic E-state index is 6.05. The minimum absolute atomic E-state index is 0.553. The van der Waals surface area contributed by atoms with E-state index in [1.807, 2.05) is 24.7 Å². The number of nitrogens with zero attached hydrogens (tertiary/aromatic N) is 4. The maximum Gasteiger partial charge on any atom is 0.149 e. The Morgan fingerprint density at radius 2 is 2.10 bits per heavy atom. The van der Waals surface area contributed by atoms with Crippen molar-refractivity contribution in [3.8, 4) is 10.6 Å². The predicted octanol–water partition coefficient (Wildman–Crippen LogP) is 3.56. The SMILES string of the molecule is Cc1csc(-c2c(N)nsc2N(C)Cc2scnc2C)n1. The Hall–Kier alpha value is -1.51. The molecule has 3 rings (SSSR count). The molecule has 21 heavy (non-hydrogen) atoms. The lowest BCUT2D eigenvalue weighted by Crippen LogP contribution is -2.15. The van der Waals surface area contributed by atoms with E-state index in [2.05, 4.69) is 26.3 Å². The van der Waals surface area contributed by atoms with E-state index < -0.39 is 0 Å². The lowest BCUT2D eigenvalue weighted by Gasteiger charge is -2.17. The molecule has 0 bridgehead atoms. The Labute approximate surface area is 135 Å². The molecule has 5 nitrogen and oxygen atoms in total. The average molecular weight is 337 g/mol. The van der Waals surface area contributed by atoms with Gasteiger partial charge in [-0.15, -0.1) is 22.7 Å². The first-order valence-electron chi connectivity index (χ1n) is 6.34. The van der Waals surface area contributed by atoms with Crippen molar-refractivity contribution in [2.45, 2.75) is 20.4 Å². The van der Waals surface area contributed by atoms with E-state index in [0.717, 1.165) is 33.5 Å². The first-order chi connectivity index (χ1) is 10.1. The first-order valence-corrected chi connectivity index (χ1v) is 8.87. The molecule has 0 spiro atoms. The van der Waals surface area contributed by atoms with Gasteiger partial charge in [0.05, 0.1) is 23.3 Å². The van der Waals surface area contributed by atoms with Gasteiger partial charge in [0.2, 0.25) is 0 Å². The zero-order valence-electron chi connectivity index (χ0n) is 12.0. The molecule has 0 unspecified atom stereocenters. The van der Waals surface area contributed by atoms with Crippen molar-refractivity contribution >= 4 is 45.0 Å². The van der Waals surface area contributed by atoms with Crippen molar-refractivity contribution in [2.24, 2.45) is 0 Å². The number of rotatable bonds is 4. The van der Waals surface area contributed by atoms with E-state index in [1.54, 1.807) is 22.7 Å². The number of thiazole rings is 2. The summed E-state index contributed by atoms with van der Waals surface area (Å²) in [5.41, 5.74) is 11.0.